The average Bonchev–Trinajstić information content (AvgIpc) is 3.49. The molecule has 2 amide bonds. The second kappa shape index (κ2) is 7.19. The molecule has 0 saturated carbocycles. The summed E-state index contributed by atoms with van der Waals surface area (Å²) in [6.07, 6.45) is 7.17. The lowest BCUT2D eigenvalue weighted by atomic mass is 9.60. The van der Waals surface area contributed by atoms with Crippen molar-refractivity contribution < 1.29 is 9.59 Å². The number of carbonyl (C=O) groups is 2. The van der Waals surface area contributed by atoms with Crippen molar-refractivity contribution in [3.8, 4) is 0 Å². The van der Waals surface area contributed by atoms with E-state index in [0.29, 0.717) is 12.1 Å². The van der Waals surface area contributed by atoms with Gasteiger partial charge in [0.05, 0.1) is 17.7 Å². The fourth-order valence-electron chi connectivity index (χ4n) is 5.83. The van der Waals surface area contributed by atoms with Gasteiger partial charge in [0, 0.05) is 16.5 Å². The van der Waals surface area contributed by atoms with Crippen LogP contribution in [0, 0.1) is 5.41 Å². The molecule has 1 aromatic heterocycles. The van der Waals surface area contributed by atoms with Crippen molar-refractivity contribution in [2.75, 3.05) is 5.32 Å². The summed E-state index contributed by atoms with van der Waals surface area (Å²) in [6.45, 7) is 16.3. The van der Waals surface area contributed by atoms with Gasteiger partial charge in [-0.2, -0.15) is 0 Å². The van der Waals surface area contributed by atoms with Crippen LogP contribution in [0.3, 0.4) is 0 Å². The van der Waals surface area contributed by atoms with E-state index in [9.17, 15) is 9.59 Å². The molecule has 0 aliphatic carbocycles. The van der Waals surface area contributed by atoms with Crippen molar-refractivity contribution in [3.63, 3.8) is 0 Å². The van der Waals surface area contributed by atoms with Crippen LogP contribution in [-0.2, 0) is 20.4 Å². The van der Waals surface area contributed by atoms with Crippen LogP contribution in [0.15, 0.2) is 61.6 Å². The molecule has 4 heterocycles. The molecule has 176 valence electrons. The zero-order valence-electron chi connectivity index (χ0n) is 20.1. The topological polar surface area (TPSA) is 90.1 Å². The second-order valence-electron chi connectivity index (χ2n) is 10.6. The molecule has 2 fully saturated rings. The lowest BCUT2D eigenvalue weighted by molar-refractivity contribution is -0.141. The van der Waals surface area contributed by atoms with E-state index in [1.165, 1.54) is 0 Å². The number of imidazole rings is 1. The molecule has 3 N–H and O–H groups in total. The predicted octanol–water partition coefficient (Wildman–Crippen LogP) is 3.85. The standard InChI is InChI=1S/C27H31N5O2/c1-7-25(3,4)21-18(28-15-29-21)13-19-23(34)32-20(22(33)30-19)14-27(26(5,6)8-2)16-11-9-10-12-17(16)31-24(27)32/h7-13,15,20,24,31H,1-2,14H2,3-6H3,(H,28,29)(H,30,33)/b19-13-/t20-,24-,27+/m0/s1. The monoisotopic (exact) mass is 457 g/mol. The lowest BCUT2D eigenvalue weighted by Crippen LogP contribution is -2.59. The molecule has 0 radical (unpaired) electrons. The molecular weight excluding hydrogens is 426 g/mol. The van der Waals surface area contributed by atoms with Gasteiger partial charge in [-0.25, -0.2) is 4.98 Å². The summed E-state index contributed by atoms with van der Waals surface area (Å²) in [6, 6.07) is 7.54. The predicted molar refractivity (Wildman–Crippen MR) is 133 cm³/mol. The Morgan fingerprint density at radius 3 is 2.59 bits per heavy atom. The number of anilines is 1. The van der Waals surface area contributed by atoms with Crippen LogP contribution in [0.25, 0.3) is 6.08 Å². The largest absolute Gasteiger partial charge is 0.364 e. The number of nitrogens with one attached hydrogen (secondary N) is 3. The van der Waals surface area contributed by atoms with Gasteiger partial charge in [-0.15, -0.1) is 13.2 Å². The minimum absolute atomic E-state index is 0.182. The number of allylic oxidation sites excluding steroid dienone is 2. The number of piperazine rings is 1. The summed E-state index contributed by atoms with van der Waals surface area (Å²) in [5, 5.41) is 6.44. The van der Waals surface area contributed by atoms with Gasteiger partial charge >= 0.3 is 0 Å². The van der Waals surface area contributed by atoms with Crippen LogP contribution in [-0.4, -0.2) is 38.9 Å². The zero-order valence-corrected chi connectivity index (χ0v) is 20.1. The summed E-state index contributed by atoms with van der Waals surface area (Å²) in [7, 11) is 0. The smallest absolute Gasteiger partial charge is 0.272 e. The van der Waals surface area contributed by atoms with Crippen molar-refractivity contribution in [2.24, 2.45) is 5.41 Å². The van der Waals surface area contributed by atoms with Gasteiger partial charge in [0.15, 0.2) is 0 Å². The zero-order chi connectivity index (χ0) is 24.5. The number of carbonyl (C=O) groups excluding carboxylic acids is 2. The first-order valence-corrected chi connectivity index (χ1v) is 11.6. The highest BCUT2D eigenvalue weighted by Crippen LogP contribution is 2.60. The maximum absolute atomic E-state index is 13.9. The van der Waals surface area contributed by atoms with Crippen molar-refractivity contribution in [1.29, 1.82) is 0 Å². The molecule has 0 bridgehead atoms. The van der Waals surface area contributed by atoms with Crippen molar-refractivity contribution >= 4 is 23.6 Å². The minimum Gasteiger partial charge on any atom is -0.364 e. The summed E-state index contributed by atoms with van der Waals surface area (Å²) in [5.41, 5.74) is 2.53. The molecule has 0 unspecified atom stereocenters. The molecule has 5 rings (SSSR count). The number of nitrogens with zero attached hydrogens (tertiary/aromatic N) is 2. The van der Waals surface area contributed by atoms with Gasteiger partial charge in [-0.05, 0) is 29.5 Å². The third-order valence-corrected chi connectivity index (χ3v) is 8.09. The van der Waals surface area contributed by atoms with E-state index in [1.807, 2.05) is 44.2 Å². The summed E-state index contributed by atoms with van der Waals surface area (Å²) < 4.78 is 0. The van der Waals surface area contributed by atoms with Crippen molar-refractivity contribution in [1.82, 2.24) is 20.2 Å². The normalized spacial score (nSPS) is 27.1. The van der Waals surface area contributed by atoms with Gasteiger partial charge in [0.2, 0.25) is 5.91 Å². The molecule has 0 spiro atoms. The SMILES string of the molecule is C=CC(C)(C)c1[nH]cnc1/C=C1\NC(=O)[C@@H]2C[C@@]3(C(C)(C)C=C)c4ccccc4N[C@H]3N2C1=O. The molecular formula is C27H31N5O2. The van der Waals surface area contributed by atoms with Crippen LogP contribution < -0.4 is 10.6 Å². The van der Waals surface area contributed by atoms with Gasteiger partial charge in [0.1, 0.15) is 17.9 Å². The van der Waals surface area contributed by atoms with E-state index in [2.05, 4.69) is 53.7 Å². The molecule has 3 aliphatic heterocycles. The fraction of sp³-hybridized carbons (Fsp3) is 0.370. The molecule has 7 heteroatoms. The third-order valence-electron chi connectivity index (χ3n) is 8.09. The van der Waals surface area contributed by atoms with Crippen LogP contribution in [0.2, 0.25) is 0 Å². The van der Waals surface area contributed by atoms with Crippen LogP contribution in [0.4, 0.5) is 5.69 Å². The third kappa shape index (κ3) is 2.79. The van der Waals surface area contributed by atoms with E-state index in [4.69, 9.17) is 0 Å². The number of fused-ring (bicyclic) bond motifs is 5. The summed E-state index contributed by atoms with van der Waals surface area (Å²) in [4.78, 5) is 36.5. The van der Waals surface area contributed by atoms with Gasteiger partial charge in [-0.3, -0.25) is 9.59 Å². The number of hydrogen-bond acceptors (Lipinski definition) is 4. The first-order chi connectivity index (χ1) is 16.1. The first kappa shape index (κ1) is 22.2. The Hall–Kier alpha value is -3.61. The fourth-order valence-corrected chi connectivity index (χ4v) is 5.83. The van der Waals surface area contributed by atoms with Crippen molar-refractivity contribution in [2.45, 2.75) is 57.2 Å². The Bertz CT molecular complexity index is 1250. The maximum atomic E-state index is 13.9. The number of hydrogen-bond donors (Lipinski definition) is 3. The Morgan fingerprint density at radius 2 is 1.88 bits per heavy atom. The Kier molecular flexibility index (Phi) is 4.70. The van der Waals surface area contributed by atoms with Gasteiger partial charge in [-0.1, -0.05) is 58.0 Å². The molecule has 3 aliphatic rings. The van der Waals surface area contributed by atoms with E-state index in [-0.39, 0.29) is 34.5 Å². The molecule has 7 nitrogen and oxygen atoms in total. The van der Waals surface area contributed by atoms with Crippen LogP contribution in [0.5, 0.6) is 0 Å². The number of para-hydroxylation sites is 1. The molecule has 2 aromatic rings. The number of aromatic nitrogens is 2. The number of H-pyrrole nitrogens is 1. The van der Waals surface area contributed by atoms with Crippen LogP contribution in [0.1, 0.15) is 51.1 Å². The number of rotatable bonds is 5. The number of benzene rings is 1. The summed E-state index contributed by atoms with van der Waals surface area (Å²) >= 11 is 0. The second-order valence-corrected chi connectivity index (χ2v) is 10.6. The lowest BCUT2D eigenvalue weighted by Gasteiger charge is -2.43. The molecule has 1 aromatic carbocycles. The highest BCUT2D eigenvalue weighted by atomic mass is 16.2. The molecule has 3 atom stereocenters. The highest BCUT2D eigenvalue weighted by Gasteiger charge is 2.66. The average molecular weight is 458 g/mol. The number of amides is 2. The molecule has 2 saturated heterocycles. The first-order valence-electron chi connectivity index (χ1n) is 11.6. The Labute approximate surface area is 200 Å². The minimum atomic E-state index is -0.571. The Morgan fingerprint density at radius 1 is 1.15 bits per heavy atom. The highest BCUT2D eigenvalue weighted by molar-refractivity contribution is 6.08. The number of aromatic amines is 1. The van der Waals surface area contributed by atoms with E-state index < -0.39 is 11.5 Å². The van der Waals surface area contributed by atoms with E-state index >= 15 is 0 Å². The van der Waals surface area contributed by atoms with Gasteiger partial charge < -0.3 is 20.5 Å². The van der Waals surface area contributed by atoms with Gasteiger partial charge in [0.25, 0.3) is 5.91 Å². The van der Waals surface area contributed by atoms with E-state index in [1.54, 1.807) is 17.3 Å². The molecule has 34 heavy (non-hydrogen) atoms. The quantitative estimate of drug-likeness (QED) is 0.470. The van der Waals surface area contributed by atoms with E-state index in [0.717, 1.165) is 16.9 Å². The maximum Gasteiger partial charge on any atom is 0.272 e. The summed E-state index contributed by atoms with van der Waals surface area (Å²) in [5.74, 6) is -0.402. The van der Waals surface area contributed by atoms with Crippen LogP contribution >= 0.6 is 0 Å². The Balaban J connectivity index is 1.61. The van der Waals surface area contributed by atoms with Crippen molar-refractivity contribution in [3.05, 3.63) is 78.6 Å².